The molecule has 0 aliphatic carbocycles. The van der Waals surface area contributed by atoms with Crippen LogP contribution in [0.5, 0.6) is 5.88 Å². The van der Waals surface area contributed by atoms with Crippen LogP contribution >= 0.6 is 11.9 Å². The van der Waals surface area contributed by atoms with E-state index >= 15 is 0 Å². The minimum atomic E-state index is 0.250. The molecule has 5 rings (SSSR count). The van der Waals surface area contributed by atoms with Gasteiger partial charge < -0.3 is 19.1 Å². The highest BCUT2D eigenvalue weighted by molar-refractivity contribution is 8.00. The minimum absolute atomic E-state index is 0.250. The largest absolute Gasteiger partial charge is 0.480 e. The number of aromatic nitrogens is 2. The van der Waals surface area contributed by atoms with Gasteiger partial charge in [0.05, 0.1) is 49.0 Å². The fraction of sp³-hybridized carbons (Fsp3) is 0.467. The fourth-order valence-corrected chi connectivity index (χ4v) is 5.79. The number of pyridine rings is 2. The number of methoxy groups -OCH3 is 1. The van der Waals surface area contributed by atoms with Crippen LogP contribution in [0, 0.1) is 0 Å². The van der Waals surface area contributed by atoms with Gasteiger partial charge in [0.25, 0.3) is 0 Å². The first-order valence-electron chi connectivity index (χ1n) is 13.7. The van der Waals surface area contributed by atoms with Gasteiger partial charge in [0.15, 0.2) is 0 Å². The monoisotopic (exact) mass is 548 g/mol. The third-order valence-corrected chi connectivity index (χ3v) is 8.26. The molecule has 2 aliphatic heterocycles. The van der Waals surface area contributed by atoms with E-state index in [2.05, 4.69) is 86.6 Å². The molecule has 1 aromatic carbocycles. The Morgan fingerprint density at radius 2 is 1.67 bits per heavy atom. The van der Waals surface area contributed by atoms with Crippen LogP contribution in [0.15, 0.2) is 59.9 Å². The number of morpholine rings is 1. The molecule has 1 N–H and O–H groups in total. The molecule has 2 aromatic heterocycles. The zero-order valence-electron chi connectivity index (χ0n) is 23.5. The van der Waals surface area contributed by atoms with Crippen molar-refractivity contribution in [2.75, 3.05) is 69.2 Å². The van der Waals surface area contributed by atoms with Crippen molar-refractivity contribution in [2.24, 2.45) is 0 Å². The van der Waals surface area contributed by atoms with Gasteiger partial charge in [0, 0.05) is 63.1 Å². The van der Waals surface area contributed by atoms with E-state index in [9.17, 15) is 0 Å². The fourth-order valence-electron chi connectivity index (χ4n) is 5.05. The number of piperazine rings is 1. The summed E-state index contributed by atoms with van der Waals surface area (Å²) in [5.74, 6) is 0.601. The van der Waals surface area contributed by atoms with Crippen molar-refractivity contribution in [1.29, 1.82) is 0 Å². The maximum absolute atomic E-state index is 5.52. The number of nitrogens with zero attached hydrogens (tertiary/aromatic N) is 5. The summed E-state index contributed by atoms with van der Waals surface area (Å²) < 4.78 is 14.4. The molecule has 8 nitrogen and oxygen atoms in total. The number of nitrogens with one attached hydrogen (secondary N) is 1. The van der Waals surface area contributed by atoms with Crippen LogP contribution in [-0.2, 0) is 11.3 Å². The van der Waals surface area contributed by atoms with Gasteiger partial charge in [-0.25, -0.2) is 4.98 Å². The third kappa shape index (κ3) is 7.22. The Morgan fingerprint density at radius 1 is 0.923 bits per heavy atom. The average Bonchev–Trinajstić information content (AvgIpc) is 2.97. The molecule has 0 saturated carbocycles. The second-order valence-electron chi connectivity index (χ2n) is 11.1. The molecule has 0 radical (unpaired) electrons. The zero-order valence-corrected chi connectivity index (χ0v) is 24.3. The molecule has 208 valence electrons. The summed E-state index contributed by atoms with van der Waals surface area (Å²) in [6.07, 6.45) is 5.62. The number of hydrogen-bond donors (Lipinski definition) is 1. The Bertz CT molecular complexity index is 1220. The Balaban J connectivity index is 1.20. The van der Waals surface area contributed by atoms with E-state index in [0.29, 0.717) is 5.88 Å². The van der Waals surface area contributed by atoms with E-state index in [1.807, 2.05) is 18.6 Å². The van der Waals surface area contributed by atoms with Gasteiger partial charge in [-0.3, -0.25) is 14.8 Å². The molecule has 39 heavy (non-hydrogen) atoms. The topological polar surface area (TPSA) is 66.0 Å². The van der Waals surface area contributed by atoms with Crippen molar-refractivity contribution < 1.29 is 9.47 Å². The number of anilines is 2. The predicted molar refractivity (Wildman–Crippen MR) is 160 cm³/mol. The van der Waals surface area contributed by atoms with Gasteiger partial charge in [-0.1, -0.05) is 24.3 Å². The molecule has 0 unspecified atom stereocenters. The predicted octanol–water partition coefficient (Wildman–Crippen LogP) is 5.02. The van der Waals surface area contributed by atoms with Crippen LogP contribution in [0.2, 0.25) is 0 Å². The van der Waals surface area contributed by atoms with E-state index < -0.39 is 0 Å². The van der Waals surface area contributed by atoms with Crippen LogP contribution < -0.4 is 14.4 Å². The molecule has 0 atom stereocenters. The van der Waals surface area contributed by atoms with Crippen molar-refractivity contribution in [3.05, 3.63) is 60.6 Å². The number of benzene rings is 1. The molecule has 0 bridgehead atoms. The van der Waals surface area contributed by atoms with E-state index in [1.165, 1.54) is 17.5 Å². The SMILES string of the molecule is COc1ncc(N2CCOCC2)cc1SNc1cncc(-c2ccc(CN3CCN(C(C)(C)C)CC3)cc2)c1. The summed E-state index contributed by atoms with van der Waals surface area (Å²) in [7, 11) is 1.65. The molecule has 3 aromatic rings. The van der Waals surface area contributed by atoms with Gasteiger partial charge in [-0.05, 0) is 56.0 Å². The highest BCUT2D eigenvalue weighted by Crippen LogP contribution is 2.33. The standard InChI is InChI=1S/C30H40N6O2S/c1-30(2,3)36-11-9-34(10-12-36)22-23-5-7-24(8-6-23)25-17-26(20-31-19-25)33-39-28-18-27(21-32-29(28)37-4)35-13-15-38-16-14-35/h5-8,17-21,33H,9-16,22H2,1-4H3. The Labute approximate surface area is 236 Å². The van der Waals surface area contributed by atoms with Crippen LogP contribution in [0.4, 0.5) is 11.4 Å². The summed E-state index contributed by atoms with van der Waals surface area (Å²) in [4.78, 5) is 17.4. The molecule has 0 spiro atoms. The van der Waals surface area contributed by atoms with Crippen LogP contribution in [-0.4, -0.2) is 84.9 Å². The van der Waals surface area contributed by atoms with Crippen molar-refractivity contribution in [3.8, 4) is 17.0 Å². The highest BCUT2D eigenvalue weighted by atomic mass is 32.2. The number of ether oxygens (including phenoxy) is 2. The normalized spacial score (nSPS) is 17.3. The summed E-state index contributed by atoms with van der Waals surface area (Å²) in [5, 5.41) is 0. The second-order valence-corrected chi connectivity index (χ2v) is 11.9. The van der Waals surface area contributed by atoms with E-state index in [1.54, 1.807) is 7.11 Å². The van der Waals surface area contributed by atoms with E-state index in [4.69, 9.17) is 9.47 Å². The average molecular weight is 549 g/mol. The molecular formula is C30H40N6O2S. The van der Waals surface area contributed by atoms with Gasteiger partial charge in [-0.15, -0.1) is 0 Å². The lowest BCUT2D eigenvalue weighted by molar-refractivity contribution is 0.0591. The molecule has 2 fully saturated rings. The van der Waals surface area contributed by atoms with Crippen LogP contribution in [0.3, 0.4) is 0 Å². The van der Waals surface area contributed by atoms with E-state index in [-0.39, 0.29) is 5.54 Å². The first-order valence-corrected chi connectivity index (χ1v) is 14.5. The molecular weight excluding hydrogens is 508 g/mol. The maximum atomic E-state index is 5.52. The molecule has 2 aliphatic rings. The Hall–Kier alpha value is -2.85. The Morgan fingerprint density at radius 3 is 2.36 bits per heavy atom. The summed E-state index contributed by atoms with van der Waals surface area (Å²) >= 11 is 1.49. The maximum Gasteiger partial charge on any atom is 0.229 e. The van der Waals surface area contributed by atoms with Gasteiger partial charge in [0.2, 0.25) is 5.88 Å². The van der Waals surface area contributed by atoms with Crippen molar-refractivity contribution in [2.45, 2.75) is 37.8 Å². The quantitative estimate of drug-likeness (QED) is 0.391. The van der Waals surface area contributed by atoms with Crippen LogP contribution in [0.1, 0.15) is 26.3 Å². The first-order chi connectivity index (χ1) is 18.9. The smallest absolute Gasteiger partial charge is 0.229 e. The summed E-state index contributed by atoms with van der Waals surface area (Å²) in [6.45, 7) is 15.6. The van der Waals surface area contributed by atoms with E-state index in [0.717, 1.165) is 86.4 Å². The number of hydrogen-bond acceptors (Lipinski definition) is 9. The van der Waals surface area contributed by atoms with Crippen molar-refractivity contribution >= 4 is 23.3 Å². The summed E-state index contributed by atoms with van der Waals surface area (Å²) in [5.41, 5.74) is 5.84. The minimum Gasteiger partial charge on any atom is -0.480 e. The lowest BCUT2D eigenvalue weighted by atomic mass is 10.0. The van der Waals surface area contributed by atoms with Gasteiger partial charge in [0.1, 0.15) is 0 Å². The third-order valence-electron chi connectivity index (χ3n) is 7.40. The van der Waals surface area contributed by atoms with Crippen molar-refractivity contribution in [3.63, 3.8) is 0 Å². The van der Waals surface area contributed by atoms with Crippen LogP contribution in [0.25, 0.3) is 11.1 Å². The lowest BCUT2D eigenvalue weighted by Gasteiger charge is -2.42. The van der Waals surface area contributed by atoms with Gasteiger partial charge >= 0.3 is 0 Å². The molecule has 9 heteroatoms. The zero-order chi connectivity index (χ0) is 27.2. The highest BCUT2D eigenvalue weighted by Gasteiger charge is 2.25. The molecule has 0 amide bonds. The Kier molecular flexibility index (Phi) is 8.92. The first kappa shape index (κ1) is 27.7. The second kappa shape index (κ2) is 12.6. The molecule has 2 saturated heterocycles. The number of rotatable bonds is 8. The summed E-state index contributed by atoms with van der Waals surface area (Å²) in [6, 6.07) is 13.1. The van der Waals surface area contributed by atoms with Gasteiger partial charge in [-0.2, -0.15) is 0 Å². The molecule has 4 heterocycles. The van der Waals surface area contributed by atoms with Crippen molar-refractivity contribution in [1.82, 2.24) is 19.8 Å². The lowest BCUT2D eigenvalue weighted by Crippen LogP contribution is -2.53.